The molecule has 0 bridgehead atoms. The van der Waals surface area contributed by atoms with E-state index in [-0.39, 0.29) is 23.1 Å². The summed E-state index contributed by atoms with van der Waals surface area (Å²) in [6.45, 7) is 3.28. The molecule has 12 heteroatoms. The van der Waals surface area contributed by atoms with Crippen molar-refractivity contribution in [2.75, 3.05) is 0 Å². The van der Waals surface area contributed by atoms with E-state index in [4.69, 9.17) is 0 Å². The number of benzene rings is 2. The third-order valence-corrected chi connectivity index (χ3v) is 6.76. The zero-order valence-electron chi connectivity index (χ0n) is 14.8. The van der Waals surface area contributed by atoms with E-state index in [0.717, 1.165) is 18.2 Å². The van der Waals surface area contributed by atoms with E-state index in [9.17, 15) is 38.9 Å². The van der Waals surface area contributed by atoms with Gasteiger partial charge in [0.25, 0.3) is 30.4 Å². The first-order chi connectivity index (χ1) is 12.7. The van der Waals surface area contributed by atoms with Crippen LogP contribution in [0.3, 0.4) is 0 Å². The van der Waals surface area contributed by atoms with Crippen molar-refractivity contribution in [3.8, 4) is 11.1 Å². The van der Waals surface area contributed by atoms with Gasteiger partial charge in [-0.25, -0.2) is 0 Å². The Morgan fingerprint density at radius 2 is 1.21 bits per heavy atom. The minimum absolute atomic E-state index is 0.00685. The van der Waals surface area contributed by atoms with Gasteiger partial charge in [0, 0.05) is 0 Å². The Labute approximate surface area is 163 Å². The topological polar surface area (TPSA) is 163 Å². The van der Waals surface area contributed by atoms with E-state index >= 15 is 0 Å². The summed E-state index contributed by atoms with van der Waals surface area (Å²) in [4.78, 5) is -1.99. The molecule has 0 saturated heterocycles. The van der Waals surface area contributed by atoms with Gasteiger partial charge < -0.3 is 0 Å². The minimum atomic E-state index is -4.86. The van der Waals surface area contributed by atoms with Gasteiger partial charge in [0.05, 0.1) is 14.7 Å². The fourth-order valence-electron chi connectivity index (χ4n) is 2.88. The Morgan fingerprint density at radius 3 is 1.64 bits per heavy atom. The fraction of sp³-hybridized carbons (Fsp3) is 0.250. The number of rotatable bonds is 6. The first-order valence-corrected chi connectivity index (χ1v) is 12.2. The summed E-state index contributed by atoms with van der Waals surface area (Å²) in [7, 11) is -14.3. The average molecular weight is 451 g/mol. The molecule has 0 spiro atoms. The highest BCUT2D eigenvalue weighted by molar-refractivity contribution is 7.86. The van der Waals surface area contributed by atoms with Crippen LogP contribution in [0.5, 0.6) is 0 Å². The van der Waals surface area contributed by atoms with Gasteiger partial charge in [-0.2, -0.15) is 25.3 Å². The van der Waals surface area contributed by atoms with Gasteiger partial charge in [-0.3, -0.25) is 13.7 Å². The lowest BCUT2D eigenvalue weighted by molar-refractivity contribution is 0.478. The molecule has 28 heavy (non-hydrogen) atoms. The lowest BCUT2D eigenvalue weighted by atomic mass is 9.93. The molecule has 154 valence electrons. The lowest BCUT2D eigenvalue weighted by Crippen LogP contribution is -2.09. The molecule has 2 aromatic carbocycles. The monoisotopic (exact) mass is 450 g/mol. The summed E-state index contributed by atoms with van der Waals surface area (Å²) >= 11 is 0. The van der Waals surface area contributed by atoms with Gasteiger partial charge in [-0.15, -0.1) is 0 Å². The molecular formula is C16H18O9S3. The smallest absolute Gasteiger partial charge is 0.282 e. The molecule has 0 unspecified atom stereocenters. The zero-order valence-corrected chi connectivity index (χ0v) is 17.3. The van der Waals surface area contributed by atoms with Crippen molar-refractivity contribution >= 4 is 30.4 Å². The van der Waals surface area contributed by atoms with Crippen LogP contribution in [0.15, 0.2) is 45.0 Å². The molecule has 0 fully saturated rings. The number of aryl methyl sites for hydroxylation is 1. The Kier molecular flexibility index (Phi) is 6.05. The van der Waals surface area contributed by atoms with Gasteiger partial charge >= 0.3 is 0 Å². The van der Waals surface area contributed by atoms with Crippen LogP contribution >= 0.6 is 0 Å². The van der Waals surface area contributed by atoms with Crippen molar-refractivity contribution in [1.82, 2.24) is 0 Å². The maximum atomic E-state index is 11.8. The van der Waals surface area contributed by atoms with E-state index < -0.39 is 45.0 Å². The van der Waals surface area contributed by atoms with Gasteiger partial charge in [-0.1, -0.05) is 19.9 Å². The molecule has 2 aromatic rings. The predicted molar refractivity (Wildman–Crippen MR) is 100 cm³/mol. The highest BCUT2D eigenvalue weighted by Crippen LogP contribution is 2.36. The molecule has 0 aliphatic heterocycles. The van der Waals surface area contributed by atoms with E-state index in [1.807, 2.05) is 0 Å². The lowest BCUT2D eigenvalue weighted by Gasteiger charge is -2.17. The quantitative estimate of drug-likeness (QED) is 0.560. The summed E-state index contributed by atoms with van der Waals surface area (Å²) in [5.74, 6) is 0. The van der Waals surface area contributed by atoms with Crippen molar-refractivity contribution in [3.63, 3.8) is 0 Å². The van der Waals surface area contributed by atoms with Crippen molar-refractivity contribution < 1.29 is 38.9 Å². The van der Waals surface area contributed by atoms with Crippen LogP contribution in [-0.2, 0) is 43.2 Å². The first-order valence-electron chi connectivity index (χ1n) is 7.92. The molecule has 0 heterocycles. The average Bonchev–Trinajstić information content (AvgIpc) is 2.57. The molecule has 0 saturated carbocycles. The summed E-state index contributed by atoms with van der Waals surface area (Å²) in [6.07, 6.45) is 0.400. The van der Waals surface area contributed by atoms with E-state index in [1.165, 1.54) is 6.07 Å². The molecule has 9 nitrogen and oxygen atoms in total. The van der Waals surface area contributed by atoms with E-state index in [0.29, 0.717) is 18.1 Å². The summed E-state index contributed by atoms with van der Waals surface area (Å²) in [6, 6.07) is 5.24. The second kappa shape index (κ2) is 7.54. The molecule has 2 rings (SSSR count). The second-order valence-corrected chi connectivity index (χ2v) is 10.1. The largest absolute Gasteiger partial charge is 0.294 e. The molecule has 3 N–H and O–H groups in total. The summed E-state index contributed by atoms with van der Waals surface area (Å²) in [5, 5.41) is 0. The molecular weight excluding hydrogens is 432 g/mol. The maximum absolute atomic E-state index is 11.8. The number of hydrogen-bond donors (Lipinski definition) is 3. The summed E-state index contributed by atoms with van der Waals surface area (Å²) < 4.78 is 98.1. The normalized spacial score (nSPS) is 12.9. The standard InChI is InChI=1S/C16H18O9S3/c1-3-10-5-6-11(26(17,18)19)7-14(10)15-8-12(27(20,21)22)9-16(13(15)4-2)28(23,24)25/h5-9H,3-4H2,1-2H3,(H,17,18,19)(H,20,21,22)(H,23,24,25). The van der Waals surface area contributed by atoms with Crippen molar-refractivity contribution in [2.24, 2.45) is 0 Å². The highest BCUT2D eigenvalue weighted by Gasteiger charge is 2.25. The van der Waals surface area contributed by atoms with Crippen LogP contribution in [0, 0.1) is 0 Å². The Hall–Kier alpha value is -1.83. The first kappa shape index (κ1) is 22.5. The van der Waals surface area contributed by atoms with Gasteiger partial charge in [0.2, 0.25) is 0 Å². The van der Waals surface area contributed by atoms with E-state index in [2.05, 4.69) is 0 Å². The second-order valence-electron chi connectivity index (χ2n) is 5.90. The van der Waals surface area contributed by atoms with Crippen LogP contribution in [0.1, 0.15) is 25.0 Å². The Morgan fingerprint density at radius 1 is 0.679 bits per heavy atom. The molecule has 0 amide bonds. The van der Waals surface area contributed by atoms with Gasteiger partial charge in [0.15, 0.2) is 0 Å². The Balaban J connectivity index is 3.08. The van der Waals surface area contributed by atoms with Crippen LogP contribution in [0.25, 0.3) is 11.1 Å². The molecule has 0 aliphatic rings. The fourth-order valence-corrected chi connectivity index (χ4v) is 4.84. The van der Waals surface area contributed by atoms with Crippen LogP contribution in [0.2, 0.25) is 0 Å². The zero-order chi connectivity index (χ0) is 21.5. The van der Waals surface area contributed by atoms with Gasteiger partial charge in [-0.05, 0) is 59.4 Å². The minimum Gasteiger partial charge on any atom is -0.282 e. The Bertz CT molecular complexity index is 1240. The van der Waals surface area contributed by atoms with Crippen LogP contribution in [0.4, 0.5) is 0 Å². The van der Waals surface area contributed by atoms with Gasteiger partial charge in [0.1, 0.15) is 0 Å². The summed E-state index contributed by atoms with van der Waals surface area (Å²) in [5.41, 5.74) is 0.686. The molecule has 0 aromatic heterocycles. The van der Waals surface area contributed by atoms with Crippen molar-refractivity contribution in [1.29, 1.82) is 0 Å². The number of hydrogen-bond acceptors (Lipinski definition) is 6. The molecule has 0 radical (unpaired) electrons. The van der Waals surface area contributed by atoms with Crippen molar-refractivity contribution in [3.05, 3.63) is 41.5 Å². The van der Waals surface area contributed by atoms with Crippen LogP contribution < -0.4 is 0 Å². The van der Waals surface area contributed by atoms with Crippen molar-refractivity contribution in [2.45, 2.75) is 41.4 Å². The van der Waals surface area contributed by atoms with E-state index in [1.54, 1.807) is 13.8 Å². The molecule has 0 aliphatic carbocycles. The SMILES string of the molecule is CCc1ccc(S(=O)(=O)O)cc1-c1cc(S(=O)(=O)O)cc(S(=O)(=O)O)c1CC. The predicted octanol–water partition coefficient (Wildman–Crippen LogP) is 2.22. The third kappa shape index (κ3) is 4.59. The molecule has 0 atom stereocenters. The third-order valence-electron chi connectivity index (χ3n) is 4.16. The maximum Gasteiger partial charge on any atom is 0.294 e. The highest BCUT2D eigenvalue weighted by atomic mass is 32.2. The van der Waals surface area contributed by atoms with Crippen LogP contribution in [-0.4, -0.2) is 38.9 Å².